The van der Waals surface area contributed by atoms with E-state index < -0.39 is 0 Å². The second-order valence-electron chi connectivity index (χ2n) is 8.80. The van der Waals surface area contributed by atoms with Gasteiger partial charge in [0.05, 0.1) is 28.4 Å². The Morgan fingerprint density at radius 2 is 1.60 bits per heavy atom. The number of fused-ring (bicyclic) bond motifs is 1. The van der Waals surface area contributed by atoms with E-state index in [-0.39, 0.29) is 0 Å². The number of aliphatic imine (C=N–C) groups is 1. The Kier molecular flexibility index (Phi) is 9.23. The third-order valence-electron chi connectivity index (χ3n) is 5.99. The van der Waals surface area contributed by atoms with Crippen LogP contribution in [0.3, 0.4) is 0 Å². The Balaban J connectivity index is 1.54. The summed E-state index contributed by atoms with van der Waals surface area (Å²) in [7, 11) is 6.32. The van der Waals surface area contributed by atoms with Gasteiger partial charge in [-0.3, -0.25) is 10.3 Å². The molecular formula is C28H33N7O4S. The second-order valence-corrected chi connectivity index (χ2v) is 9.21. The Labute approximate surface area is 238 Å². The molecule has 4 N–H and O–H groups in total. The lowest BCUT2D eigenvalue weighted by molar-refractivity contribution is 0.324. The smallest absolute Gasteiger partial charge is 0.229 e. The second kappa shape index (κ2) is 13.0. The number of rotatable bonds is 9. The zero-order valence-corrected chi connectivity index (χ0v) is 24.2. The number of hydrogen-bond donors (Lipinski definition) is 4. The number of aromatic amines is 1. The lowest BCUT2D eigenvalue weighted by Crippen LogP contribution is -2.39. The molecule has 0 aliphatic heterocycles. The van der Waals surface area contributed by atoms with Gasteiger partial charge in [-0.1, -0.05) is 0 Å². The van der Waals surface area contributed by atoms with Gasteiger partial charge in [-0.2, -0.15) is 0 Å². The molecule has 0 amide bonds. The molecule has 2 heterocycles. The van der Waals surface area contributed by atoms with E-state index in [0.717, 1.165) is 33.6 Å². The number of nitrogens with one attached hydrogen (secondary N) is 4. The summed E-state index contributed by atoms with van der Waals surface area (Å²) >= 11 is 5.61. The zero-order valence-electron chi connectivity index (χ0n) is 23.3. The molecule has 0 atom stereocenters. The summed E-state index contributed by atoms with van der Waals surface area (Å²) in [4.78, 5) is 17.0. The van der Waals surface area contributed by atoms with Gasteiger partial charge in [0.25, 0.3) is 0 Å². The minimum atomic E-state index is 0.293. The van der Waals surface area contributed by atoms with E-state index in [0.29, 0.717) is 52.9 Å². The number of anilines is 2. The fourth-order valence-corrected chi connectivity index (χ4v) is 4.42. The summed E-state index contributed by atoms with van der Waals surface area (Å²) < 4.78 is 21.7. The topological polar surface area (TPSA) is 127 Å². The fourth-order valence-electron chi connectivity index (χ4n) is 4.20. The van der Waals surface area contributed by atoms with E-state index in [1.807, 2.05) is 44.3 Å². The number of thiocarbonyl (C=S) groups is 1. The van der Waals surface area contributed by atoms with Crippen molar-refractivity contribution in [1.29, 1.82) is 0 Å². The average Bonchev–Trinajstić information content (AvgIpc) is 3.33. The molecule has 0 bridgehead atoms. The van der Waals surface area contributed by atoms with Crippen LogP contribution in [0.5, 0.6) is 23.0 Å². The number of nitrogens with zero attached hydrogens (tertiary/aromatic N) is 3. The molecule has 4 aromatic rings. The van der Waals surface area contributed by atoms with Crippen molar-refractivity contribution < 1.29 is 18.9 Å². The standard InChI is InChI=1S/C28H33N7O4S/c1-16-11-17(2)32-27(31-16)34-26(29-10-9-18-15-30-22-8-7-20(36-3)14-21(18)22)35-28(40)33-19-12-23(37-4)25(39-6)24(13-19)38-5/h7-8,11-15,30H,9-10H2,1-6H3,(H3,29,31,32,33,34,35,40). The van der Waals surface area contributed by atoms with Crippen molar-refractivity contribution in [3.63, 3.8) is 0 Å². The highest BCUT2D eigenvalue weighted by Crippen LogP contribution is 2.39. The van der Waals surface area contributed by atoms with Crippen molar-refractivity contribution in [1.82, 2.24) is 20.3 Å². The van der Waals surface area contributed by atoms with Gasteiger partial charge >= 0.3 is 0 Å². The van der Waals surface area contributed by atoms with Crippen LogP contribution in [0, 0.1) is 13.8 Å². The minimum Gasteiger partial charge on any atom is -0.497 e. The van der Waals surface area contributed by atoms with Crippen LogP contribution in [0.1, 0.15) is 17.0 Å². The first-order valence-corrected chi connectivity index (χ1v) is 12.9. The molecule has 0 radical (unpaired) electrons. The van der Waals surface area contributed by atoms with Crippen LogP contribution in [0.15, 0.2) is 47.6 Å². The molecule has 0 saturated carbocycles. The van der Waals surface area contributed by atoms with Gasteiger partial charge in [-0.15, -0.1) is 0 Å². The highest BCUT2D eigenvalue weighted by Gasteiger charge is 2.15. The fraction of sp³-hybridized carbons (Fsp3) is 0.286. The predicted molar refractivity (Wildman–Crippen MR) is 161 cm³/mol. The molecule has 210 valence electrons. The molecule has 0 aliphatic carbocycles. The van der Waals surface area contributed by atoms with Crippen LogP contribution >= 0.6 is 12.2 Å². The average molecular weight is 564 g/mol. The molecule has 4 rings (SSSR count). The Hall–Kier alpha value is -4.58. The molecule has 0 fully saturated rings. The molecule has 0 saturated heterocycles. The Morgan fingerprint density at radius 3 is 2.23 bits per heavy atom. The third kappa shape index (κ3) is 6.89. The summed E-state index contributed by atoms with van der Waals surface area (Å²) in [6.45, 7) is 4.29. The summed E-state index contributed by atoms with van der Waals surface area (Å²) in [6.07, 6.45) is 2.67. The maximum absolute atomic E-state index is 5.61. The van der Waals surface area contributed by atoms with Crippen molar-refractivity contribution >= 4 is 45.8 Å². The minimum absolute atomic E-state index is 0.293. The first-order valence-electron chi connectivity index (χ1n) is 12.5. The van der Waals surface area contributed by atoms with Crippen molar-refractivity contribution in [2.75, 3.05) is 45.6 Å². The number of aromatic nitrogens is 3. The monoisotopic (exact) mass is 563 g/mol. The number of hydrogen-bond acceptors (Lipinski definition) is 8. The molecule has 0 aliphatic rings. The number of benzene rings is 2. The van der Waals surface area contributed by atoms with E-state index >= 15 is 0 Å². The third-order valence-corrected chi connectivity index (χ3v) is 6.20. The van der Waals surface area contributed by atoms with Gasteiger partial charge in [0, 0.05) is 52.9 Å². The van der Waals surface area contributed by atoms with Gasteiger partial charge in [-0.25, -0.2) is 9.97 Å². The summed E-state index contributed by atoms with van der Waals surface area (Å²) in [5.74, 6) is 3.09. The quantitative estimate of drug-likeness (QED) is 0.130. The van der Waals surface area contributed by atoms with Crippen molar-refractivity contribution in [2.45, 2.75) is 20.3 Å². The molecule has 0 unspecified atom stereocenters. The number of aryl methyl sites for hydroxylation is 2. The number of ether oxygens (including phenoxy) is 4. The SMILES string of the molecule is COc1ccc2[nH]cc(CCN=C(NC(=S)Nc3cc(OC)c(OC)c(OC)c3)Nc3nc(C)cc(C)n3)c2c1. The van der Waals surface area contributed by atoms with Crippen LogP contribution < -0.4 is 34.9 Å². The maximum Gasteiger partial charge on any atom is 0.229 e. The number of H-pyrrole nitrogens is 1. The molecule has 11 nitrogen and oxygen atoms in total. The summed E-state index contributed by atoms with van der Waals surface area (Å²) in [5, 5.41) is 10.8. The Bertz CT molecular complexity index is 1490. The largest absolute Gasteiger partial charge is 0.497 e. The molecule has 2 aromatic carbocycles. The van der Waals surface area contributed by atoms with Crippen LogP contribution in [-0.4, -0.2) is 61.0 Å². The van der Waals surface area contributed by atoms with E-state index in [1.165, 1.54) is 0 Å². The highest BCUT2D eigenvalue weighted by molar-refractivity contribution is 7.80. The lowest BCUT2D eigenvalue weighted by Gasteiger charge is -2.17. The van der Waals surface area contributed by atoms with E-state index in [1.54, 1.807) is 40.6 Å². The van der Waals surface area contributed by atoms with Crippen LogP contribution in [0.2, 0.25) is 0 Å². The Morgan fingerprint density at radius 1 is 0.900 bits per heavy atom. The lowest BCUT2D eigenvalue weighted by atomic mass is 10.1. The summed E-state index contributed by atoms with van der Waals surface area (Å²) in [6, 6.07) is 11.4. The number of methoxy groups -OCH3 is 4. The molecular weight excluding hydrogens is 530 g/mol. The van der Waals surface area contributed by atoms with Crippen molar-refractivity contribution in [3.8, 4) is 23.0 Å². The van der Waals surface area contributed by atoms with Gasteiger partial charge in [0.15, 0.2) is 16.6 Å². The van der Waals surface area contributed by atoms with E-state index in [4.69, 9.17) is 36.2 Å². The molecule has 0 spiro atoms. The van der Waals surface area contributed by atoms with Crippen molar-refractivity contribution in [2.24, 2.45) is 4.99 Å². The van der Waals surface area contributed by atoms with Gasteiger partial charge in [0.1, 0.15) is 5.75 Å². The van der Waals surface area contributed by atoms with Crippen LogP contribution in [0.25, 0.3) is 10.9 Å². The molecule has 12 heteroatoms. The normalized spacial score (nSPS) is 11.2. The van der Waals surface area contributed by atoms with Crippen LogP contribution in [0.4, 0.5) is 11.6 Å². The first-order chi connectivity index (χ1) is 19.3. The maximum atomic E-state index is 5.61. The van der Waals surface area contributed by atoms with Gasteiger partial charge in [-0.05, 0) is 62.3 Å². The highest BCUT2D eigenvalue weighted by atomic mass is 32.1. The number of guanidine groups is 1. The summed E-state index contributed by atoms with van der Waals surface area (Å²) in [5.41, 5.74) is 4.47. The molecule has 40 heavy (non-hydrogen) atoms. The van der Waals surface area contributed by atoms with Gasteiger partial charge < -0.3 is 34.6 Å². The first kappa shape index (κ1) is 28.4. The van der Waals surface area contributed by atoms with E-state index in [9.17, 15) is 0 Å². The van der Waals surface area contributed by atoms with Crippen LogP contribution in [-0.2, 0) is 6.42 Å². The van der Waals surface area contributed by atoms with E-state index in [2.05, 4.69) is 30.9 Å². The molecule has 2 aromatic heterocycles. The predicted octanol–water partition coefficient (Wildman–Crippen LogP) is 4.61. The van der Waals surface area contributed by atoms with Crippen molar-refractivity contribution in [3.05, 3.63) is 59.5 Å². The van der Waals surface area contributed by atoms with Gasteiger partial charge in [0.2, 0.25) is 17.7 Å². The zero-order chi connectivity index (χ0) is 28.6.